The van der Waals surface area contributed by atoms with Crippen LogP contribution in [0.3, 0.4) is 0 Å². The third-order valence-corrected chi connectivity index (χ3v) is 12.1. The zero-order valence-electron chi connectivity index (χ0n) is 25.8. The summed E-state index contributed by atoms with van der Waals surface area (Å²) in [6, 6.07) is 9.40. The Morgan fingerprint density at radius 3 is 2.40 bits per heavy atom. The Hall–Kier alpha value is -2.10. The highest BCUT2D eigenvalue weighted by molar-refractivity contribution is 5.89. The fourth-order valence-corrected chi connectivity index (χ4v) is 9.87. The number of hydrogen-bond donors (Lipinski definition) is 0. The maximum Gasteiger partial charge on any atom is 0.338 e. The summed E-state index contributed by atoms with van der Waals surface area (Å²) in [7, 11) is 0. The van der Waals surface area contributed by atoms with Crippen LogP contribution < -0.4 is 0 Å². The molecule has 0 aromatic heterocycles. The second kappa shape index (κ2) is 11.6. The molecule has 0 heterocycles. The molecule has 4 aliphatic rings. The molecular weight excluding hydrogens is 496 g/mol. The van der Waals surface area contributed by atoms with Gasteiger partial charge in [-0.2, -0.15) is 0 Å². The van der Waals surface area contributed by atoms with Crippen LogP contribution >= 0.6 is 0 Å². The van der Waals surface area contributed by atoms with Crippen LogP contribution in [0.1, 0.15) is 116 Å². The largest absolute Gasteiger partial charge is 0.462 e. The fourth-order valence-electron chi connectivity index (χ4n) is 9.87. The van der Waals surface area contributed by atoms with Gasteiger partial charge in [-0.1, -0.05) is 64.5 Å². The number of allylic oxidation sites excluding steroid dienone is 1. The Bertz CT molecular complexity index is 1090. The predicted octanol–water partition coefficient (Wildman–Crippen LogP) is 8.80. The molecule has 0 amide bonds. The van der Waals surface area contributed by atoms with Gasteiger partial charge >= 0.3 is 11.9 Å². The highest BCUT2D eigenvalue weighted by atomic mass is 16.5. The first-order valence-corrected chi connectivity index (χ1v) is 16.2. The van der Waals surface area contributed by atoms with E-state index in [9.17, 15) is 9.59 Å². The molecule has 0 unspecified atom stereocenters. The standard InChI is InChI=1S/C36H52O4/c1-23(2)33(40-34(38)26-10-8-7-9-11-26)17-12-24(3)30-15-16-31-29-14-13-27-22-28(39-25(4)37)18-20-35(27,5)32(29)19-21-36(30,31)6/h7-11,13,23-24,28-33H,12,14-22H2,1-6H3/t24-,28+,29+,30-,31+,32+,33-,35+,36-/m1/s1. The molecule has 4 nitrogen and oxygen atoms in total. The number of carbonyl (C=O) groups is 2. The Morgan fingerprint density at radius 1 is 0.950 bits per heavy atom. The molecule has 220 valence electrons. The molecule has 40 heavy (non-hydrogen) atoms. The Balaban J connectivity index is 1.23. The van der Waals surface area contributed by atoms with Gasteiger partial charge in [0.05, 0.1) is 5.56 Å². The zero-order chi connectivity index (χ0) is 28.7. The second-order valence-corrected chi connectivity index (χ2v) is 14.6. The van der Waals surface area contributed by atoms with Crippen LogP contribution in [0, 0.1) is 46.3 Å². The molecule has 4 aliphatic carbocycles. The van der Waals surface area contributed by atoms with Gasteiger partial charge in [0.2, 0.25) is 0 Å². The number of fused-ring (bicyclic) bond motifs is 5. The lowest BCUT2D eigenvalue weighted by molar-refractivity contribution is -0.148. The summed E-state index contributed by atoms with van der Waals surface area (Å²) in [6.45, 7) is 13.5. The van der Waals surface area contributed by atoms with Crippen molar-refractivity contribution in [2.45, 2.75) is 118 Å². The van der Waals surface area contributed by atoms with E-state index in [0.717, 1.165) is 55.8 Å². The van der Waals surface area contributed by atoms with E-state index in [2.05, 4.69) is 40.7 Å². The minimum absolute atomic E-state index is 0.0418. The predicted molar refractivity (Wildman–Crippen MR) is 160 cm³/mol. The van der Waals surface area contributed by atoms with Crippen LogP contribution in [0.4, 0.5) is 0 Å². The van der Waals surface area contributed by atoms with E-state index in [-0.39, 0.29) is 29.6 Å². The highest BCUT2D eigenvalue weighted by Gasteiger charge is 2.59. The van der Waals surface area contributed by atoms with E-state index in [1.54, 1.807) is 12.5 Å². The maximum absolute atomic E-state index is 12.8. The quantitative estimate of drug-likeness (QED) is 0.241. The first-order chi connectivity index (χ1) is 19.0. The average Bonchev–Trinajstić information content (AvgIpc) is 3.28. The topological polar surface area (TPSA) is 52.6 Å². The van der Waals surface area contributed by atoms with E-state index in [1.165, 1.54) is 32.1 Å². The lowest BCUT2D eigenvalue weighted by Gasteiger charge is -2.58. The van der Waals surface area contributed by atoms with Crippen molar-refractivity contribution in [3.63, 3.8) is 0 Å². The smallest absolute Gasteiger partial charge is 0.338 e. The molecule has 3 fully saturated rings. The van der Waals surface area contributed by atoms with Gasteiger partial charge in [0.25, 0.3) is 0 Å². The normalized spacial score (nSPS) is 36.5. The van der Waals surface area contributed by atoms with Crippen molar-refractivity contribution in [2.75, 3.05) is 0 Å². The molecule has 3 saturated carbocycles. The summed E-state index contributed by atoms with van der Waals surface area (Å²) < 4.78 is 11.7. The van der Waals surface area contributed by atoms with E-state index >= 15 is 0 Å². The van der Waals surface area contributed by atoms with Crippen molar-refractivity contribution in [3.8, 4) is 0 Å². The average molecular weight is 549 g/mol. The Kier molecular flexibility index (Phi) is 8.56. The van der Waals surface area contributed by atoms with Gasteiger partial charge in [-0.25, -0.2) is 4.79 Å². The maximum atomic E-state index is 12.8. The van der Waals surface area contributed by atoms with Crippen LogP contribution in [-0.4, -0.2) is 24.1 Å². The number of hydrogen-bond acceptors (Lipinski definition) is 4. The molecule has 0 saturated heterocycles. The summed E-state index contributed by atoms with van der Waals surface area (Å²) in [5, 5.41) is 0. The van der Waals surface area contributed by atoms with Gasteiger partial charge in [0.1, 0.15) is 12.2 Å². The molecular formula is C36H52O4. The molecule has 0 aliphatic heterocycles. The first kappa shape index (κ1) is 29.4. The fraction of sp³-hybridized carbons (Fsp3) is 0.722. The third kappa shape index (κ3) is 5.53. The third-order valence-electron chi connectivity index (χ3n) is 12.1. The van der Waals surface area contributed by atoms with Gasteiger partial charge in [0.15, 0.2) is 0 Å². The van der Waals surface area contributed by atoms with Gasteiger partial charge in [-0.15, -0.1) is 0 Å². The zero-order valence-corrected chi connectivity index (χ0v) is 25.8. The first-order valence-electron chi connectivity index (χ1n) is 16.2. The van der Waals surface area contributed by atoms with E-state index in [4.69, 9.17) is 9.47 Å². The lowest BCUT2D eigenvalue weighted by atomic mass is 9.47. The monoisotopic (exact) mass is 548 g/mol. The van der Waals surface area contributed by atoms with Crippen LogP contribution in [0.5, 0.6) is 0 Å². The van der Waals surface area contributed by atoms with Gasteiger partial charge in [0, 0.05) is 13.3 Å². The molecule has 4 heteroatoms. The van der Waals surface area contributed by atoms with Gasteiger partial charge < -0.3 is 9.47 Å². The summed E-state index contributed by atoms with van der Waals surface area (Å²) in [4.78, 5) is 24.4. The van der Waals surface area contributed by atoms with Crippen molar-refractivity contribution in [1.29, 1.82) is 0 Å². The van der Waals surface area contributed by atoms with Crippen LogP contribution in [0.25, 0.3) is 0 Å². The Morgan fingerprint density at radius 2 is 1.70 bits per heavy atom. The van der Waals surface area contributed by atoms with E-state index in [0.29, 0.717) is 22.8 Å². The van der Waals surface area contributed by atoms with Gasteiger partial charge in [-0.05, 0) is 116 Å². The van der Waals surface area contributed by atoms with Crippen molar-refractivity contribution in [3.05, 3.63) is 47.5 Å². The number of rotatable bonds is 8. The number of carbonyl (C=O) groups excluding carboxylic acids is 2. The van der Waals surface area contributed by atoms with E-state index < -0.39 is 0 Å². The highest BCUT2D eigenvalue weighted by Crippen LogP contribution is 2.67. The summed E-state index contributed by atoms with van der Waals surface area (Å²) in [5.41, 5.74) is 2.90. The molecule has 0 spiro atoms. The lowest BCUT2D eigenvalue weighted by Crippen LogP contribution is -2.51. The van der Waals surface area contributed by atoms with Crippen molar-refractivity contribution in [1.82, 2.24) is 0 Å². The summed E-state index contributed by atoms with van der Waals surface area (Å²) >= 11 is 0. The van der Waals surface area contributed by atoms with E-state index in [1.807, 2.05) is 30.3 Å². The Labute approximate surface area is 242 Å². The molecule has 0 bridgehead atoms. The minimum atomic E-state index is -0.196. The molecule has 1 aromatic rings. The summed E-state index contributed by atoms with van der Waals surface area (Å²) in [6.07, 6.45) is 14.3. The van der Waals surface area contributed by atoms with Gasteiger partial charge in [-0.3, -0.25) is 4.79 Å². The van der Waals surface area contributed by atoms with Crippen LogP contribution in [-0.2, 0) is 14.3 Å². The molecule has 9 atom stereocenters. The number of esters is 2. The molecule has 5 rings (SSSR count). The van der Waals surface area contributed by atoms with Crippen molar-refractivity contribution >= 4 is 11.9 Å². The van der Waals surface area contributed by atoms with Crippen LogP contribution in [0.15, 0.2) is 42.0 Å². The number of benzene rings is 1. The van der Waals surface area contributed by atoms with Crippen molar-refractivity contribution in [2.24, 2.45) is 46.3 Å². The van der Waals surface area contributed by atoms with Crippen LogP contribution in [0.2, 0.25) is 0 Å². The molecule has 0 radical (unpaired) electrons. The molecule has 1 aromatic carbocycles. The summed E-state index contributed by atoms with van der Waals surface area (Å²) in [5.74, 6) is 3.70. The minimum Gasteiger partial charge on any atom is -0.462 e. The second-order valence-electron chi connectivity index (χ2n) is 14.6. The number of ether oxygens (including phenoxy) is 2. The molecule has 0 N–H and O–H groups in total. The SMILES string of the molecule is CC(=O)O[C@H]1CC[C@@]2(C)C(=CC[C@H]3[C@@H]4CC[C@H]([C@H](C)CC[C@@H](OC(=O)c5ccccc5)C(C)C)[C@@]4(C)CC[C@@H]32)C1. The van der Waals surface area contributed by atoms with Crippen molar-refractivity contribution < 1.29 is 19.1 Å².